The number of rotatable bonds is 2. The summed E-state index contributed by atoms with van der Waals surface area (Å²) in [4.78, 5) is 9.92. The minimum atomic E-state index is -3.54. The summed E-state index contributed by atoms with van der Waals surface area (Å²) in [7, 11) is 0. The van der Waals surface area contributed by atoms with Crippen molar-refractivity contribution >= 4 is 11.6 Å². The summed E-state index contributed by atoms with van der Waals surface area (Å²) in [5, 5.41) is -0.953. The molecule has 4 heteroatoms. The molecule has 1 rings (SSSR count). The van der Waals surface area contributed by atoms with Gasteiger partial charge < -0.3 is 0 Å². The Balaban J connectivity index is 3.94. The maximum Gasteiger partial charge on any atom is 0.225 e. The first kappa shape index (κ1) is 2.27. The summed E-state index contributed by atoms with van der Waals surface area (Å²) < 4.78 is 105. The van der Waals surface area contributed by atoms with Crippen LogP contribution in [0.15, 0.2) is 0 Å². The van der Waals surface area contributed by atoms with Crippen LogP contribution in [-0.4, -0.2) is 15.0 Å². The third-order valence-corrected chi connectivity index (χ3v) is 1.22. The minimum Gasteiger partial charge on any atom is -0.217 e. The molecule has 1 aromatic rings. The van der Waals surface area contributed by atoms with Gasteiger partial charge in [-0.15, -0.1) is 0 Å². The number of nitrogens with zero attached hydrogens (tertiary/aromatic N) is 3. The highest BCUT2D eigenvalue weighted by atomic mass is 35.5. The molecule has 0 aliphatic heterocycles. The summed E-state index contributed by atoms with van der Waals surface area (Å²) in [6.45, 7) is -14.1. The Labute approximate surface area is 103 Å². The van der Waals surface area contributed by atoms with E-state index in [0.717, 1.165) is 0 Å². The predicted molar refractivity (Wildman–Crippen MR) is 53.0 cm³/mol. The third kappa shape index (κ3) is 2.62. The second-order valence-electron chi connectivity index (χ2n) is 2.00. The lowest BCUT2D eigenvalue weighted by Gasteiger charge is -2.08. The molecule has 0 aliphatic carbocycles. The van der Waals surface area contributed by atoms with Crippen molar-refractivity contribution in [3.05, 3.63) is 16.9 Å². The first-order valence-electron chi connectivity index (χ1n) is 10.0. The quantitative estimate of drug-likeness (QED) is 0.759. The zero-order valence-electron chi connectivity index (χ0n) is 20.2. The molecule has 13 heavy (non-hydrogen) atoms. The topological polar surface area (TPSA) is 38.7 Å². The second-order valence-corrected chi connectivity index (χ2v) is 2.34. The highest BCUT2D eigenvalue weighted by Gasteiger charge is 2.10. The summed E-state index contributed by atoms with van der Waals surface area (Å²) in [5.41, 5.74) is 0. The zero-order valence-corrected chi connectivity index (χ0v) is 6.98. The van der Waals surface area contributed by atoms with Crippen LogP contribution in [0.5, 0.6) is 0 Å². The van der Waals surface area contributed by atoms with E-state index in [1.165, 1.54) is 0 Å². The molecular weight excluding hydrogens is 186 g/mol. The Morgan fingerprint density at radius 1 is 1.08 bits per heavy atom. The number of halogens is 1. The van der Waals surface area contributed by atoms with E-state index >= 15 is 0 Å². The SMILES string of the molecule is [2H]C([2H])([2H])C([2H])(c1nc(Cl)nc(C([2H])(C([2H])([2H])[2H])C([2H])([2H])[2H])n1)C([2H])([2H])[2H]. The Kier molecular flexibility index (Phi) is 0.700. The summed E-state index contributed by atoms with van der Waals surface area (Å²) in [6.07, 6.45) is 0. The van der Waals surface area contributed by atoms with Gasteiger partial charge in [0.05, 0.1) is 0 Å². The van der Waals surface area contributed by atoms with Crippen LogP contribution in [-0.2, 0) is 0 Å². The smallest absolute Gasteiger partial charge is 0.217 e. The molecular formula is C9H14ClN3. The zero-order chi connectivity index (χ0) is 21.9. The standard InChI is InChI=1S/C9H14ClN3/c1-5(2)7-11-8(6(3)4)13-9(10)12-7/h5-6H,1-4H3/i1D3,2D3,3D3,4D3,5D,6D. The van der Waals surface area contributed by atoms with Crippen molar-refractivity contribution < 1.29 is 19.2 Å². The summed E-state index contributed by atoms with van der Waals surface area (Å²) >= 11 is 5.60. The van der Waals surface area contributed by atoms with Crippen molar-refractivity contribution in [1.82, 2.24) is 15.0 Å². The van der Waals surface area contributed by atoms with Crippen LogP contribution in [0.2, 0.25) is 5.28 Å². The molecule has 0 amide bonds. The average molecular weight is 214 g/mol. The van der Waals surface area contributed by atoms with E-state index in [0.29, 0.717) is 0 Å². The van der Waals surface area contributed by atoms with E-state index in [1.54, 1.807) is 0 Å². The average Bonchev–Trinajstić information content (AvgIpc) is 2.39. The van der Waals surface area contributed by atoms with Crippen molar-refractivity contribution in [2.75, 3.05) is 0 Å². The van der Waals surface area contributed by atoms with E-state index in [9.17, 15) is 0 Å². The van der Waals surface area contributed by atoms with Crippen molar-refractivity contribution in [1.29, 1.82) is 0 Å². The van der Waals surface area contributed by atoms with E-state index in [1.807, 2.05) is 0 Å². The fourth-order valence-electron chi connectivity index (χ4n) is 0.574. The van der Waals surface area contributed by atoms with Gasteiger partial charge in [0.2, 0.25) is 5.28 Å². The lowest BCUT2D eigenvalue weighted by molar-refractivity contribution is 0.694. The van der Waals surface area contributed by atoms with E-state index in [2.05, 4.69) is 15.0 Å². The molecule has 0 unspecified atom stereocenters. The van der Waals surface area contributed by atoms with Crippen LogP contribution < -0.4 is 0 Å². The minimum absolute atomic E-state index is 0.953. The Morgan fingerprint density at radius 2 is 1.54 bits per heavy atom. The normalized spacial score (nSPS) is 32.7. The second kappa shape index (κ2) is 4.01. The Bertz CT molecular complexity index is 617. The van der Waals surface area contributed by atoms with Gasteiger partial charge in [0.1, 0.15) is 11.6 Å². The number of aromatic nitrogens is 3. The van der Waals surface area contributed by atoms with E-state index in [-0.39, 0.29) is 0 Å². The van der Waals surface area contributed by atoms with Gasteiger partial charge in [-0.2, -0.15) is 0 Å². The van der Waals surface area contributed by atoms with Crippen molar-refractivity contribution in [3.8, 4) is 0 Å². The molecule has 3 nitrogen and oxygen atoms in total. The molecule has 0 aromatic carbocycles. The van der Waals surface area contributed by atoms with Gasteiger partial charge in [0.25, 0.3) is 0 Å². The van der Waals surface area contributed by atoms with Crippen molar-refractivity contribution in [2.45, 2.75) is 39.2 Å². The highest BCUT2D eigenvalue weighted by Crippen LogP contribution is 2.15. The number of hydrogen-bond donors (Lipinski definition) is 0. The summed E-state index contributed by atoms with van der Waals surface area (Å²) in [5.74, 6) is -9.54. The van der Waals surface area contributed by atoms with E-state index in [4.69, 9.17) is 30.8 Å². The first-order valence-corrected chi connectivity index (χ1v) is 3.41. The van der Waals surface area contributed by atoms with Gasteiger partial charge in [-0.25, -0.2) is 15.0 Å². The van der Waals surface area contributed by atoms with Gasteiger partial charge in [0.15, 0.2) is 0 Å². The van der Waals surface area contributed by atoms with Crippen LogP contribution in [0.1, 0.15) is 70.0 Å². The van der Waals surface area contributed by atoms with Crippen molar-refractivity contribution in [2.24, 2.45) is 0 Å². The first-order chi connectivity index (χ1) is 11.6. The Hall–Kier alpha value is -0.700. The molecule has 0 fully saturated rings. The molecule has 72 valence electrons. The van der Waals surface area contributed by atoms with E-state index < -0.39 is 56.1 Å². The molecule has 0 atom stereocenters. The monoisotopic (exact) mass is 213 g/mol. The fraction of sp³-hybridized carbons (Fsp3) is 0.667. The largest absolute Gasteiger partial charge is 0.225 e. The maximum atomic E-state index is 8.00. The van der Waals surface area contributed by atoms with Crippen LogP contribution in [0.4, 0.5) is 0 Å². The highest BCUT2D eigenvalue weighted by molar-refractivity contribution is 6.28. The van der Waals surface area contributed by atoms with Crippen LogP contribution in [0, 0.1) is 0 Å². The molecule has 1 heterocycles. The maximum absolute atomic E-state index is 8.00. The van der Waals surface area contributed by atoms with Crippen LogP contribution in [0.3, 0.4) is 0 Å². The molecule has 0 spiro atoms. The lowest BCUT2D eigenvalue weighted by Crippen LogP contribution is -2.06. The van der Waals surface area contributed by atoms with Crippen LogP contribution in [0.25, 0.3) is 0 Å². The summed E-state index contributed by atoms with van der Waals surface area (Å²) in [6, 6.07) is 0. The van der Waals surface area contributed by atoms with Gasteiger partial charge in [-0.3, -0.25) is 0 Å². The molecule has 0 aliphatic rings. The van der Waals surface area contributed by atoms with Gasteiger partial charge in [0, 0.05) is 31.0 Å². The fourth-order valence-corrected chi connectivity index (χ4v) is 0.734. The van der Waals surface area contributed by atoms with Gasteiger partial charge >= 0.3 is 0 Å². The van der Waals surface area contributed by atoms with Gasteiger partial charge in [-0.05, 0) is 11.6 Å². The predicted octanol–water partition coefficient (Wildman–Crippen LogP) is 2.77. The molecule has 0 N–H and O–H groups in total. The Morgan fingerprint density at radius 3 is 1.92 bits per heavy atom. The third-order valence-electron chi connectivity index (χ3n) is 1.06. The lowest BCUT2D eigenvalue weighted by atomic mass is 10.2. The molecule has 0 radical (unpaired) electrons. The van der Waals surface area contributed by atoms with Crippen molar-refractivity contribution in [3.63, 3.8) is 0 Å². The van der Waals surface area contributed by atoms with Gasteiger partial charge in [-0.1, -0.05) is 27.4 Å². The van der Waals surface area contributed by atoms with Crippen LogP contribution >= 0.6 is 11.6 Å². The molecule has 1 aromatic heterocycles. The molecule has 0 saturated heterocycles. The molecule has 0 bridgehead atoms. The number of hydrogen-bond acceptors (Lipinski definition) is 3. The molecule has 0 saturated carbocycles.